The smallest absolute Gasteiger partial charge is 0.271 e. The number of hydrogen-bond acceptors (Lipinski definition) is 5. The normalized spacial score (nSPS) is 12.4. The van der Waals surface area contributed by atoms with Gasteiger partial charge in [0.25, 0.3) is 5.69 Å². The van der Waals surface area contributed by atoms with E-state index in [1.807, 2.05) is 0 Å². The second-order valence-electron chi connectivity index (χ2n) is 2.86. The first-order valence-electron chi connectivity index (χ1n) is 3.96. The zero-order chi connectivity index (χ0) is 10.7. The van der Waals surface area contributed by atoms with Gasteiger partial charge in [-0.05, 0) is 11.6 Å². The van der Waals surface area contributed by atoms with Gasteiger partial charge < -0.3 is 16.6 Å². The Kier molecular flexibility index (Phi) is 3.00. The van der Waals surface area contributed by atoms with E-state index < -0.39 is 11.0 Å². The largest absolute Gasteiger partial charge is 0.398 e. The summed E-state index contributed by atoms with van der Waals surface area (Å²) >= 11 is 0. The number of aliphatic hydroxyl groups is 1. The number of nitrogens with two attached hydrogens (primary N) is 2. The molecule has 0 spiro atoms. The lowest BCUT2D eigenvalue weighted by atomic mass is 10.1. The maximum absolute atomic E-state index is 10.4. The summed E-state index contributed by atoms with van der Waals surface area (Å²) in [5.41, 5.74) is 11.7. The van der Waals surface area contributed by atoms with Crippen LogP contribution in [0.5, 0.6) is 0 Å². The van der Waals surface area contributed by atoms with Crippen molar-refractivity contribution in [2.75, 3.05) is 12.3 Å². The van der Waals surface area contributed by atoms with Gasteiger partial charge >= 0.3 is 0 Å². The summed E-state index contributed by atoms with van der Waals surface area (Å²) in [7, 11) is 0. The van der Waals surface area contributed by atoms with Crippen LogP contribution in [0.15, 0.2) is 18.2 Å². The average molecular weight is 197 g/mol. The van der Waals surface area contributed by atoms with Crippen LogP contribution in [0.1, 0.15) is 11.6 Å². The Labute approximate surface area is 80.3 Å². The predicted octanol–water partition coefficient (Wildman–Crippen LogP) is 0.169. The van der Waals surface area contributed by atoms with Crippen LogP contribution in [0.2, 0.25) is 0 Å². The van der Waals surface area contributed by atoms with Crippen LogP contribution in [0, 0.1) is 10.1 Å². The van der Waals surface area contributed by atoms with Crippen molar-refractivity contribution in [3.05, 3.63) is 33.9 Å². The molecular formula is C8H11N3O3. The van der Waals surface area contributed by atoms with Crippen molar-refractivity contribution in [3.8, 4) is 0 Å². The standard InChI is InChI=1S/C8H11N3O3/c9-7-3-5(11(13)14)1-2-6(7)8(10)4-12/h1-3,8,12H,4,9-10H2/t8-/m0/s1. The number of non-ortho nitro benzene ring substituents is 1. The van der Waals surface area contributed by atoms with Gasteiger partial charge in [-0.3, -0.25) is 10.1 Å². The van der Waals surface area contributed by atoms with E-state index in [0.717, 1.165) is 0 Å². The number of hydrogen-bond donors (Lipinski definition) is 3. The van der Waals surface area contributed by atoms with Crippen molar-refractivity contribution in [1.29, 1.82) is 0 Å². The molecule has 0 radical (unpaired) electrons. The fourth-order valence-electron chi connectivity index (χ4n) is 1.11. The first-order valence-corrected chi connectivity index (χ1v) is 3.96. The van der Waals surface area contributed by atoms with Crippen molar-refractivity contribution < 1.29 is 10.0 Å². The van der Waals surface area contributed by atoms with E-state index in [1.165, 1.54) is 18.2 Å². The molecule has 1 rings (SSSR count). The van der Waals surface area contributed by atoms with Gasteiger partial charge in [-0.2, -0.15) is 0 Å². The Morgan fingerprint density at radius 1 is 1.57 bits per heavy atom. The van der Waals surface area contributed by atoms with E-state index in [-0.39, 0.29) is 18.0 Å². The van der Waals surface area contributed by atoms with E-state index in [9.17, 15) is 10.1 Å². The molecule has 0 amide bonds. The highest BCUT2D eigenvalue weighted by Crippen LogP contribution is 2.23. The first kappa shape index (κ1) is 10.4. The van der Waals surface area contributed by atoms with E-state index in [4.69, 9.17) is 16.6 Å². The summed E-state index contributed by atoms with van der Waals surface area (Å²) in [6, 6.07) is 3.39. The molecule has 76 valence electrons. The first-order chi connectivity index (χ1) is 6.56. The molecule has 0 aliphatic rings. The van der Waals surface area contributed by atoms with Crippen LogP contribution in [0.3, 0.4) is 0 Å². The SMILES string of the molecule is Nc1cc([N+](=O)[O-])ccc1[C@@H](N)CO. The highest BCUT2D eigenvalue weighted by Gasteiger charge is 2.12. The minimum Gasteiger partial charge on any atom is -0.398 e. The lowest BCUT2D eigenvalue weighted by molar-refractivity contribution is -0.384. The van der Waals surface area contributed by atoms with Gasteiger partial charge in [0.2, 0.25) is 0 Å². The number of nitro benzene ring substituents is 1. The molecule has 0 aliphatic heterocycles. The molecule has 0 fully saturated rings. The van der Waals surface area contributed by atoms with Crippen molar-refractivity contribution in [2.45, 2.75) is 6.04 Å². The molecule has 0 aromatic heterocycles. The third-order valence-electron chi connectivity index (χ3n) is 1.88. The monoisotopic (exact) mass is 197 g/mol. The lowest BCUT2D eigenvalue weighted by Crippen LogP contribution is -2.16. The van der Waals surface area contributed by atoms with Gasteiger partial charge in [0.05, 0.1) is 17.6 Å². The van der Waals surface area contributed by atoms with Crippen LogP contribution in [0.25, 0.3) is 0 Å². The molecule has 0 bridgehead atoms. The van der Waals surface area contributed by atoms with Gasteiger partial charge in [0, 0.05) is 17.8 Å². The summed E-state index contributed by atoms with van der Waals surface area (Å²) in [4.78, 5) is 9.84. The number of benzene rings is 1. The molecule has 14 heavy (non-hydrogen) atoms. The molecule has 1 atom stereocenters. The molecule has 0 heterocycles. The molecule has 5 N–H and O–H groups in total. The predicted molar refractivity (Wildman–Crippen MR) is 51.5 cm³/mol. The Morgan fingerprint density at radius 3 is 2.64 bits per heavy atom. The van der Waals surface area contributed by atoms with E-state index in [1.54, 1.807) is 0 Å². The van der Waals surface area contributed by atoms with Crippen molar-refractivity contribution in [2.24, 2.45) is 5.73 Å². The van der Waals surface area contributed by atoms with Crippen LogP contribution in [0.4, 0.5) is 11.4 Å². The summed E-state index contributed by atoms with van der Waals surface area (Å²) < 4.78 is 0. The van der Waals surface area contributed by atoms with Crippen molar-refractivity contribution in [1.82, 2.24) is 0 Å². The molecule has 0 unspecified atom stereocenters. The Hall–Kier alpha value is -1.66. The van der Waals surface area contributed by atoms with Crippen LogP contribution < -0.4 is 11.5 Å². The van der Waals surface area contributed by atoms with Crippen molar-refractivity contribution >= 4 is 11.4 Å². The Morgan fingerprint density at radius 2 is 2.21 bits per heavy atom. The van der Waals surface area contributed by atoms with Crippen LogP contribution in [-0.2, 0) is 0 Å². The van der Waals surface area contributed by atoms with Crippen LogP contribution >= 0.6 is 0 Å². The maximum Gasteiger partial charge on any atom is 0.271 e. The van der Waals surface area contributed by atoms with Gasteiger partial charge in [0.15, 0.2) is 0 Å². The molecular weight excluding hydrogens is 186 g/mol. The number of nitro groups is 1. The quantitative estimate of drug-likeness (QED) is 0.363. The number of nitrogens with zero attached hydrogens (tertiary/aromatic N) is 1. The third-order valence-corrected chi connectivity index (χ3v) is 1.88. The maximum atomic E-state index is 10.4. The van der Waals surface area contributed by atoms with Gasteiger partial charge in [-0.1, -0.05) is 0 Å². The fourth-order valence-corrected chi connectivity index (χ4v) is 1.11. The molecule has 6 heteroatoms. The Bertz CT molecular complexity index is 354. The number of anilines is 1. The fraction of sp³-hybridized carbons (Fsp3) is 0.250. The zero-order valence-corrected chi connectivity index (χ0v) is 7.38. The molecule has 0 saturated heterocycles. The zero-order valence-electron chi connectivity index (χ0n) is 7.38. The lowest BCUT2D eigenvalue weighted by Gasteiger charge is -2.10. The number of rotatable bonds is 3. The van der Waals surface area contributed by atoms with E-state index in [2.05, 4.69) is 0 Å². The minimum atomic E-state index is -0.601. The minimum absolute atomic E-state index is 0.0867. The van der Waals surface area contributed by atoms with Crippen molar-refractivity contribution in [3.63, 3.8) is 0 Å². The number of nitrogen functional groups attached to an aromatic ring is 1. The number of aliphatic hydroxyl groups excluding tert-OH is 1. The highest BCUT2D eigenvalue weighted by molar-refractivity contribution is 5.55. The third kappa shape index (κ3) is 1.98. The summed E-state index contributed by atoms with van der Waals surface area (Å²) in [6.07, 6.45) is 0. The average Bonchev–Trinajstić information content (AvgIpc) is 2.16. The molecule has 0 aliphatic carbocycles. The van der Waals surface area contributed by atoms with Gasteiger partial charge in [-0.25, -0.2) is 0 Å². The summed E-state index contributed by atoms with van der Waals surface area (Å²) in [6.45, 7) is -0.248. The van der Waals surface area contributed by atoms with Gasteiger partial charge in [0.1, 0.15) is 0 Å². The molecule has 1 aromatic carbocycles. The molecule has 1 aromatic rings. The summed E-state index contributed by atoms with van der Waals surface area (Å²) in [5, 5.41) is 19.1. The van der Waals surface area contributed by atoms with E-state index in [0.29, 0.717) is 5.56 Å². The summed E-state index contributed by atoms with van der Waals surface area (Å²) in [5.74, 6) is 0. The van der Waals surface area contributed by atoms with E-state index >= 15 is 0 Å². The second-order valence-corrected chi connectivity index (χ2v) is 2.86. The topological polar surface area (TPSA) is 115 Å². The molecule has 0 saturated carbocycles. The Balaban J connectivity index is 3.07. The van der Waals surface area contributed by atoms with Gasteiger partial charge in [-0.15, -0.1) is 0 Å². The molecule has 6 nitrogen and oxygen atoms in total. The second kappa shape index (κ2) is 4.03. The highest BCUT2D eigenvalue weighted by atomic mass is 16.6. The van der Waals surface area contributed by atoms with Crippen LogP contribution in [-0.4, -0.2) is 16.6 Å².